The fraction of sp³-hybridized carbons (Fsp3) is 0.600. The largest absolute Gasteiger partial charge is 0.334 e. The molecule has 8 heteroatoms. The summed E-state index contributed by atoms with van der Waals surface area (Å²) in [5, 5.41) is 4.73. The lowest BCUT2D eigenvalue weighted by molar-refractivity contribution is 0.325. The van der Waals surface area contributed by atoms with Crippen molar-refractivity contribution < 1.29 is 8.42 Å². The van der Waals surface area contributed by atoms with E-state index in [4.69, 9.17) is 0 Å². The van der Waals surface area contributed by atoms with E-state index < -0.39 is 10.0 Å². The van der Waals surface area contributed by atoms with Gasteiger partial charge in [0.1, 0.15) is 0 Å². The van der Waals surface area contributed by atoms with Crippen LogP contribution in [0.4, 0.5) is 0 Å². The molecule has 1 aliphatic carbocycles. The minimum Gasteiger partial charge on any atom is -0.334 e. The van der Waals surface area contributed by atoms with Crippen LogP contribution in [0, 0.1) is 0 Å². The Hall–Kier alpha value is -1.67. The van der Waals surface area contributed by atoms with Gasteiger partial charge in [0, 0.05) is 24.7 Å². The molecule has 0 saturated heterocycles. The number of hydrogen-bond acceptors (Lipinski definition) is 4. The second-order valence-electron chi connectivity index (χ2n) is 6.65. The van der Waals surface area contributed by atoms with Crippen molar-refractivity contribution in [3.8, 4) is 0 Å². The molecule has 0 atom stereocenters. The van der Waals surface area contributed by atoms with Crippen molar-refractivity contribution in [1.82, 2.24) is 23.6 Å². The zero-order valence-corrected chi connectivity index (χ0v) is 14.2. The van der Waals surface area contributed by atoms with E-state index in [0.29, 0.717) is 25.6 Å². The molecule has 0 spiro atoms. The third-order valence-electron chi connectivity index (χ3n) is 4.56. The van der Waals surface area contributed by atoms with Crippen LogP contribution in [0.1, 0.15) is 50.0 Å². The summed E-state index contributed by atoms with van der Waals surface area (Å²) in [4.78, 5) is 4.09. The van der Waals surface area contributed by atoms with E-state index >= 15 is 0 Å². The molecule has 0 unspecified atom stereocenters. The lowest BCUT2D eigenvalue weighted by Crippen LogP contribution is -2.38. The SMILES string of the molecule is CC(C)n1cnc(S(=O)(=O)N2CCn3nc(C4CC4)cc3C2)c1. The molecule has 7 nitrogen and oxygen atoms in total. The first-order chi connectivity index (χ1) is 10.9. The summed E-state index contributed by atoms with van der Waals surface area (Å²) in [5.41, 5.74) is 2.09. The molecular formula is C15H21N5O2S. The summed E-state index contributed by atoms with van der Waals surface area (Å²) >= 11 is 0. The second-order valence-corrected chi connectivity index (χ2v) is 8.53. The van der Waals surface area contributed by atoms with Gasteiger partial charge >= 0.3 is 0 Å². The van der Waals surface area contributed by atoms with Gasteiger partial charge in [-0.1, -0.05) is 0 Å². The van der Waals surface area contributed by atoms with Crippen LogP contribution in [0.25, 0.3) is 0 Å². The van der Waals surface area contributed by atoms with Crippen LogP contribution in [-0.4, -0.2) is 38.6 Å². The van der Waals surface area contributed by atoms with Crippen molar-refractivity contribution in [1.29, 1.82) is 0 Å². The van der Waals surface area contributed by atoms with Crippen molar-refractivity contribution >= 4 is 10.0 Å². The van der Waals surface area contributed by atoms with Gasteiger partial charge in [-0.3, -0.25) is 4.68 Å². The fourth-order valence-corrected chi connectivity index (χ4v) is 4.24. The first kappa shape index (κ1) is 14.9. The highest BCUT2D eigenvalue weighted by Gasteiger charge is 2.33. The number of aromatic nitrogens is 4. The smallest absolute Gasteiger partial charge is 0.262 e. The van der Waals surface area contributed by atoms with Crippen molar-refractivity contribution in [2.75, 3.05) is 6.54 Å². The average molecular weight is 335 g/mol. The number of hydrogen-bond donors (Lipinski definition) is 0. The molecular weight excluding hydrogens is 314 g/mol. The van der Waals surface area contributed by atoms with Crippen LogP contribution in [0.2, 0.25) is 0 Å². The molecule has 0 aromatic carbocycles. The molecule has 0 amide bonds. The molecule has 4 rings (SSSR count). The number of imidazole rings is 1. The maximum atomic E-state index is 12.8. The van der Waals surface area contributed by atoms with Gasteiger partial charge in [0.15, 0.2) is 5.03 Å². The first-order valence-electron chi connectivity index (χ1n) is 8.05. The number of sulfonamides is 1. The summed E-state index contributed by atoms with van der Waals surface area (Å²) < 4.78 is 30.9. The van der Waals surface area contributed by atoms with E-state index in [1.807, 2.05) is 23.1 Å². The number of rotatable bonds is 4. The van der Waals surface area contributed by atoms with E-state index in [1.165, 1.54) is 17.1 Å². The van der Waals surface area contributed by atoms with Gasteiger partial charge in [-0.05, 0) is 32.8 Å². The molecule has 124 valence electrons. The normalized spacial score (nSPS) is 19.3. The Bertz CT molecular complexity index is 832. The number of nitrogens with zero attached hydrogens (tertiary/aromatic N) is 5. The van der Waals surface area contributed by atoms with Crippen molar-refractivity contribution in [2.24, 2.45) is 0 Å². The molecule has 1 aliphatic heterocycles. The highest BCUT2D eigenvalue weighted by Crippen LogP contribution is 2.40. The summed E-state index contributed by atoms with van der Waals surface area (Å²) in [6.45, 7) is 5.41. The Morgan fingerprint density at radius 1 is 1.26 bits per heavy atom. The van der Waals surface area contributed by atoms with Gasteiger partial charge in [-0.2, -0.15) is 9.40 Å². The van der Waals surface area contributed by atoms with E-state index in [1.54, 1.807) is 12.5 Å². The summed E-state index contributed by atoms with van der Waals surface area (Å²) in [7, 11) is -3.55. The monoisotopic (exact) mass is 335 g/mol. The standard InChI is InChI=1S/C15H21N5O2S/c1-11(2)18-9-15(16-10-18)23(21,22)19-5-6-20-13(8-19)7-14(17-20)12-3-4-12/h7,9-12H,3-6,8H2,1-2H3. The highest BCUT2D eigenvalue weighted by molar-refractivity contribution is 7.89. The lowest BCUT2D eigenvalue weighted by atomic mass is 10.2. The molecule has 1 fully saturated rings. The molecule has 0 bridgehead atoms. The van der Waals surface area contributed by atoms with Gasteiger partial charge < -0.3 is 4.57 Å². The predicted molar refractivity (Wildman–Crippen MR) is 84.4 cm³/mol. The molecule has 2 aromatic rings. The maximum Gasteiger partial charge on any atom is 0.262 e. The molecule has 3 heterocycles. The molecule has 23 heavy (non-hydrogen) atoms. The third-order valence-corrected chi connectivity index (χ3v) is 6.29. The van der Waals surface area contributed by atoms with E-state index in [9.17, 15) is 8.42 Å². The van der Waals surface area contributed by atoms with Gasteiger partial charge in [0.2, 0.25) is 0 Å². The lowest BCUT2D eigenvalue weighted by Gasteiger charge is -2.26. The summed E-state index contributed by atoms with van der Waals surface area (Å²) in [6.07, 6.45) is 5.59. The summed E-state index contributed by atoms with van der Waals surface area (Å²) in [5.74, 6) is 0.583. The Morgan fingerprint density at radius 3 is 2.70 bits per heavy atom. The van der Waals surface area contributed by atoms with Crippen LogP contribution in [0.3, 0.4) is 0 Å². The van der Waals surface area contributed by atoms with Gasteiger partial charge in [0.25, 0.3) is 10.0 Å². The van der Waals surface area contributed by atoms with Crippen LogP contribution in [0.5, 0.6) is 0 Å². The van der Waals surface area contributed by atoms with E-state index in [0.717, 1.165) is 11.4 Å². The maximum absolute atomic E-state index is 12.8. The zero-order chi connectivity index (χ0) is 16.2. The number of fused-ring (bicyclic) bond motifs is 1. The minimum atomic E-state index is -3.55. The van der Waals surface area contributed by atoms with Gasteiger partial charge in [-0.15, -0.1) is 0 Å². The van der Waals surface area contributed by atoms with E-state index in [-0.39, 0.29) is 11.1 Å². The Morgan fingerprint density at radius 2 is 2.04 bits per heavy atom. The topological polar surface area (TPSA) is 73.0 Å². The molecule has 1 saturated carbocycles. The molecule has 0 N–H and O–H groups in total. The highest BCUT2D eigenvalue weighted by atomic mass is 32.2. The molecule has 2 aromatic heterocycles. The van der Waals surface area contributed by atoms with Crippen LogP contribution in [0.15, 0.2) is 23.6 Å². The Kier molecular flexibility index (Phi) is 3.35. The van der Waals surface area contributed by atoms with Gasteiger partial charge in [-0.25, -0.2) is 13.4 Å². The van der Waals surface area contributed by atoms with Crippen molar-refractivity contribution in [3.05, 3.63) is 30.0 Å². The fourth-order valence-electron chi connectivity index (χ4n) is 2.91. The zero-order valence-electron chi connectivity index (χ0n) is 13.4. The van der Waals surface area contributed by atoms with Crippen LogP contribution in [-0.2, 0) is 23.1 Å². The van der Waals surface area contributed by atoms with Crippen LogP contribution >= 0.6 is 0 Å². The average Bonchev–Trinajstić information content (AvgIpc) is 3.08. The Labute approximate surface area is 136 Å². The Balaban J connectivity index is 1.59. The molecule has 0 radical (unpaired) electrons. The quantitative estimate of drug-likeness (QED) is 0.853. The predicted octanol–water partition coefficient (Wildman–Crippen LogP) is 1.74. The van der Waals surface area contributed by atoms with Crippen LogP contribution < -0.4 is 0 Å². The second kappa shape index (κ2) is 5.17. The first-order valence-corrected chi connectivity index (χ1v) is 9.49. The summed E-state index contributed by atoms with van der Waals surface area (Å²) in [6, 6.07) is 2.25. The third kappa shape index (κ3) is 2.59. The minimum absolute atomic E-state index is 0.126. The van der Waals surface area contributed by atoms with E-state index in [2.05, 4.69) is 16.1 Å². The van der Waals surface area contributed by atoms with Crippen molar-refractivity contribution in [2.45, 2.75) is 56.8 Å². The van der Waals surface area contributed by atoms with Gasteiger partial charge in [0.05, 0.1) is 30.8 Å². The molecule has 2 aliphatic rings. The van der Waals surface area contributed by atoms with Crippen molar-refractivity contribution in [3.63, 3.8) is 0 Å².